The molecule has 1 amide bonds. The van der Waals surface area contributed by atoms with Crippen molar-refractivity contribution in [3.05, 3.63) is 89.5 Å². The molecule has 0 radical (unpaired) electrons. The van der Waals surface area contributed by atoms with Crippen molar-refractivity contribution in [3.63, 3.8) is 0 Å². The molecular weight excluding hydrogens is 454 g/mol. The Morgan fingerprint density at radius 3 is 2.56 bits per heavy atom. The van der Waals surface area contributed by atoms with Gasteiger partial charge in [0.25, 0.3) is 5.91 Å². The fourth-order valence-electron chi connectivity index (χ4n) is 4.82. The first-order valence-electron chi connectivity index (χ1n) is 12.5. The lowest BCUT2D eigenvalue weighted by atomic mass is 10.1. The minimum atomic E-state index is -0.173. The summed E-state index contributed by atoms with van der Waals surface area (Å²) in [4.78, 5) is 17.4. The van der Waals surface area contributed by atoms with Gasteiger partial charge in [0.1, 0.15) is 17.6 Å². The first-order chi connectivity index (χ1) is 17.7. The highest BCUT2D eigenvalue weighted by Gasteiger charge is 2.26. The second-order valence-electron chi connectivity index (χ2n) is 9.09. The lowest BCUT2D eigenvalue weighted by Gasteiger charge is -2.28. The average Bonchev–Trinajstić information content (AvgIpc) is 3.12. The largest absolute Gasteiger partial charge is 0.496 e. The predicted octanol–water partition coefficient (Wildman–Crippen LogP) is 3.90. The number of amides is 1. The second-order valence-corrected chi connectivity index (χ2v) is 9.09. The zero-order valence-corrected chi connectivity index (χ0v) is 20.7. The fraction of sp³-hybridized carbons (Fsp3) is 0.345. The SMILES string of the molecule is COc1ccccc1C1CN(CCNC(=O)c2ccc(N3CCOCC3)cc2)Cc2ccccc2O1. The Hall–Kier alpha value is -3.55. The Morgan fingerprint density at radius 2 is 1.75 bits per heavy atom. The highest BCUT2D eigenvalue weighted by molar-refractivity contribution is 5.94. The highest BCUT2D eigenvalue weighted by Crippen LogP contribution is 2.34. The number of carbonyl (C=O) groups excluding carboxylic acids is 1. The molecule has 0 spiro atoms. The first-order valence-corrected chi connectivity index (χ1v) is 12.5. The monoisotopic (exact) mass is 487 g/mol. The Morgan fingerprint density at radius 1 is 1.00 bits per heavy atom. The molecule has 3 aromatic carbocycles. The van der Waals surface area contributed by atoms with Gasteiger partial charge in [-0.3, -0.25) is 9.69 Å². The third-order valence-electron chi connectivity index (χ3n) is 6.76. The van der Waals surface area contributed by atoms with E-state index in [1.807, 2.05) is 60.7 Å². The maximum Gasteiger partial charge on any atom is 0.251 e. The maximum atomic E-state index is 12.8. The van der Waals surface area contributed by atoms with Gasteiger partial charge in [0.15, 0.2) is 0 Å². The number of ether oxygens (including phenoxy) is 3. The normalized spacial score (nSPS) is 18.0. The number of morpholine rings is 1. The topological polar surface area (TPSA) is 63.3 Å². The predicted molar refractivity (Wildman–Crippen MR) is 140 cm³/mol. The minimum absolute atomic E-state index is 0.0590. The van der Waals surface area contributed by atoms with Crippen LogP contribution in [0.1, 0.15) is 27.6 Å². The molecule has 2 aliphatic rings. The van der Waals surface area contributed by atoms with Crippen LogP contribution in [0.2, 0.25) is 0 Å². The summed E-state index contributed by atoms with van der Waals surface area (Å²) in [5.74, 6) is 1.65. The van der Waals surface area contributed by atoms with Crippen LogP contribution in [0.3, 0.4) is 0 Å². The molecule has 0 saturated carbocycles. The molecule has 3 aromatic rings. The summed E-state index contributed by atoms with van der Waals surface area (Å²) >= 11 is 0. The van der Waals surface area contributed by atoms with Gasteiger partial charge in [0, 0.05) is 61.6 Å². The van der Waals surface area contributed by atoms with Crippen molar-refractivity contribution in [2.24, 2.45) is 0 Å². The summed E-state index contributed by atoms with van der Waals surface area (Å²) in [5, 5.41) is 3.09. The van der Waals surface area contributed by atoms with Crippen molar-refractivity contribution in [2.75, 3.05) is 57.9 Å². The van der Waals surface area contributed by atoms with Crippen LogP contribution in [0, 0.1) is 0 Å². The van der Waals surface area contributed by atoms with E-state index in [-0.39, 0.29) is 12.0 Å². The molecule has 0 aromatic heterocycles. The van der Waals surface area contributed by atoms with Gasteiger partial charge in [-0.1, -0.05) is 36.4 Å². The van der Waals surface area contributed by atoms with Gasteiger partial charge >= 0.3 is 0 Å². The Bertz CT molecular complexity index is 1160. The molecule has 1 N–H and O–H groups in total. The lowest BCUT2D eigenvalue weighted by molar-refractivity contribution is 0.0942. The highest BCUT2D eigenvalue weighted by atomic mass is 16.5. The molecule has 7 nitrogen and oxygen atoms in total. The zero-order valence-electron chi connectivity index (χ0n) is 20.7. The summed E-state index contributed by atoms with van der Waals surface area (Å²) in [6, 6.07) is 24.0. The van der Waals surface area contributed by atoms with Crippen LogP contribution >= 0.6 is 0 Å². The summed E-state index contributed by atoms with van der Waals surface area (Å²) in [6.45, 7) is 5.95. The molecule has 5 rings (SSSR count). The van der Waals surface area contributed by atoms with E-state index in [0.717, 1.165) is 61.2 Å². The number of carbonyl (C=O) groups is 1. The average molecular weight is 488 g/mol. The summed E-state index contributed by atoms with van der Waals surface area (Å²) in [6.07, 6.45) is -0.173. The smallest absolute Gasteiger partial charge is 0.251 e. The van der Waals surface area contributed by atoms with E-state index in [0.29, 0.717) is 25.2 Å². The van der Waals surface area contributed by atoms with Gasteiger partial charge in [0.2, 0.25) is 0 Å². The standard InChI is InChI=1S/C29H33N3O4/c1-34-27-9-5-3-7-25(27)28-21-31(20-23-6-2-4-8-26(23)36-28)15-14-30-29(33)22-10-12-24(13-11-22)32-16-18-35-19-17-32/h2-13,28H,14-21H2,1H3,(H,30,33). The van der Waals surface area contributed by atoms with Crippen LogP contribution in [0.4, 0.5) is 5.69 Å². The van der Waals surface area contributed by atoms with Crippen LogP contribution in [-0.2, 0) is 11.3 Å². The Labute approximate surface area is 212 Å². The fourth-order valence-corrected chi connectivity index (χ4v) is 4.82. The number of hydrogen-bond acceptors (Lipinski definition) is 6. The van der Waals surface area contributed by atoms with Crippen LogP contribution in [0.5, 0.6) is 11.5 Å². The minimum Gasteiger partial charge on any atom is -0.496 e. The number of rotatable bonds is 7. The van der Waals surface area contributed by atoms with E-state index < -0.39 is 0 Å². The van der Waals surface area contributed by atoms with Crippen LogP contribution in [0.15, 0.2) is 72.8 Å². The van der Waals surface area contributed by atoms with Gasteiger partial charge in [-0.05, 0) is 36.4 Å². The summed E-state index contributed by atoms with van der Waals surface area (Å²) in [5.41, 5.74) is 3.95. The van der Waals surface area contributed by atoms with Crippen molar-refractivity contribution in [3.8, 4) is 11.5 Å². The van der Waals surface area contributed by atoms with Gasteiger partial charge in [-0.2, -0.15) is 0 Å². The van der Waals surface area contributed by atoms with Crippen LogP contribution < -0.4 is 19.7 Å². The van der Waals surface area contributed by atoms with Crippen molar-refractivity contribution >= 4 is 11.6 Å². The Balaban J connectivity index is 1.22. The summed E-state index contributed by atoms with van der Waals surface area (Å²) < 4.78 is 17.5. The van der Waals surface area contributed by atoms with Crippen LogP contribution in [-0.4, -0.2) is 63.9 Å². The van der Waals surface area contributed by atoms with Gasteiger partial charge < -0.3 is 24.4 Å². The quantitative estimate of drug-likeness (QED) is 0.546. The molecule has 0 aliphatic carbocycles. The number of nitrogens with zero attached hydrogens (tertiary/aromatic N) is 2. The third-order valence-corrected chi connectivity index (χ3v) is 6.76. The molecule has 1 saturated heterocycles. The molecule has 7 heteroatoms. The second kappa shape index (κ2) is 11.5. The molecule has 1 unspecified atom stereocenters. The van der Waals surface area contributed by atoms with E-state index in [1.54, 1.807) is 7.11 Å². The molecule has 2 aliphatic heterocycles. The van der Waals surface area contributed by atoms with Crippen LogP contribution in [0.25, 0.3) is 0 Å². The van der Waals surface area contributed by atoms with Gasteiger partial charge in [-0.15, -0.1) is 0 Å². The van der Waals surface area contributed by atoms with E-state index in [9.17, 15) is 4.79 Å². The van der Waals surface area contributed by atoms with Gasteiger partial charge in [0.05, 0.1) is 20.3 Å². The number of para-hydroxylation sites is 2. The van der Waals surface area contributed by atoms with Gasteiger partial charge in [-0.25, -0.2) is 0 Å². The maximum absolute atomic E-state index is 12.8. The summed E-state index contributed by atoms with van der Waals surface area (Å²) in [7, 11) is 1.68. The van der Waals surface area contributed by atoms with E-state index in [2.05, 4.69) is 27.2 Å². The first kappa shape index (κ1) is 24.2. The molecule has 1 fully saturated rings. The number of nitrogens with one attached hydrogen (secondary N) is 1. The van der Waals surface area contributed by atoms with Crippen molar-refractivity contribution in [2.45, 2.75) is 12.6 Å². The number of anilines is 1. The molecule has 36 heavy (non-hydrogen) atoms. The van der Waals surface area contributed by atoms with E-state index in [1.165, 1.54) is 0 Å². The number of benzene rings is 3. The molecule has 188 valence electrons. The Kier molecular flexibility index (Phi) is 7.69. The lowest BCUT2D eigenvalue weighted by Crippen LogP contribution is -2.37. The molecule has 0 bridgehead atoms. The van der Waals surface area contributed by atoms with E-state index in [4.69, 9.17) is 14.2 Å². The van der Waals surface area contributed by atoms with Crippen molar-refractivity contribution < 1.29 is 19.0 Å². The van der Waals surface area contributed by atoms with Crippen molar-refractivity contribution in [1.82, 2.24) is 10.2 Å². The van der Waals surface area contributed by atoms with Crippen molar-refractivity contribution in [1.29, 1.82) is 0 Å². The number of hydrogen-bond donors (Lipinski definition) is 1. The molecular formula is C29H33N3O4. The zero-order chi connectivity index (χ0) is 24.7. The third kappa shape index (κ3) is 5.64. The number of methoxy groups -OCH3 is 1. The number of fused-ring (bicyclic) bond motifs is 1. The van der Waals surface area contributed by atoms with E-state index >= 15 is 0 Å². The molecule has 1 atom stereocenters. The molecule has 2 heterocycles.